The van der Waals surface area contributed by atoms with Crippen LogP contribution < -0.4 is 15.5 Å². The van der Waals surface area contributed by atoms with Gasteiger partial charge in [0.1, 0.15) is 0 Å². The van der Waals surface area contributed by atoms with E-state index in [9.17, 15) is 19.7 Å². The number of amides is 3. The number of para-hydroxylation sites is 1. The van der Waals surface area contributed by atoms with E-state index in [-0.39, 0.29) is 5.69 Å². The predicted molar refractivity (Wildman–Crippen MR) is 121 cm³/mol. The number of anilines is 2. The molecule has 0 radical (unpaired) electrons. The summed E-state index contributed by atoms with van der Waals surface area (Å²) in [7, 11) is 1.63. The number of nitrogens with zero attached hydrogens (tertiary/aromatic N) is 3. The monoisotopic (exact) mass is 429 g/mol. The smallest absolute Gasteiger partial charge is 0.311 e. The van der Waals surface area contributed by atoms with Crippen LogP contribution in [0.4, 0.5) is 21.9 Å². The third-order valence-corrected chi connectivity index (χ3v) is 4.99. The number of fused-ring (bicyclic) bond motifs is 1. The van der Waals surface area contributed by atoms with Crippen molar-refractivity contribution in [2.24, 2.45) is 4.99 Å². The summed E-state index contributed by atoms with van der Waals surface area (Å²) in [4.78, 5) is 42.0. The molecule has 32 heavy (non-hydrogen) atoms. The summed E-state index contributed by atoms with van der Waals surface area (Å²) < 4.78 is 0. The summed E-state index contributed by atoms with van der Waals surface area (Å²) in [5.41, 5.74) is 3.10. The van der Waals surface area contributed by atoms with Crippen molar-refractivity contribution >= 4 is 34.7 Å². The summed E-state index contributed by atoms with van der Waals surface area (Å²) >= 11 is 0. The standard InChI is InChI=1S/C23H19N5O4/c1-27-19-10-6-5-9-18(19)20(15-7-3-2-4-8-15)25-21(22(27)29)26-23(30)24-16-11-13-17(14-12-16)28(31)32/h2-14,21H,1H3,(H2,24,26,30)/t21-/m1/s1. The molecule has 2 N–H and O–H groups in total. The van der Waals surface area contributed by atoms with Gasteiger partial charge in [0.2, 0.25) is 6.17 Å². The fraction of sp³-hybridized carbons (Fsp3) is 0.0870. The van der Waals surface area contributed by atoms with Crippen LogP contribution in [-0.4, -0.2) is 35.8 Å². The molecule has 9 nitrogen and oxygen atoms in total. The minimum atomic E-state index is -1.17. The Hall–Kier alpha value is -4.53. The van der Waals surface area contributed by atoms with E-state index in [1.54, 1.807) is 7.05 Å². The average molecular weight is 429 g/mol. The molecule has 0 unspecified atom stereocenters. The fourth-order valence-electron chi connectivity index (χ4n) is 3.40. The Morgan fingerprint density at radius 1 is 1.00 bits per heavy atom. The van der Waals surface area contributed by atoms with Crippen LogP contribution in [0.25, 0.3) is 0 Å². The molecule has 0 fully saturated rings. The zero-order chi connectivity index (χ0) is 22.7. The first-order valence-electron chi connectivity index (χ1n) is 9.76. The number of aliphatic imine (C=N–C) groups is 1. The number of nitrogens with one attached hydrogen (secondary N) is 2. The molecule has 0 spiro atoms. The number of urea groups is 1. The molecule has 1 aliphatic rings. The molecular formula is C23H19N5O4. The van der Waals surface area contributed by atoms with Crippen LogP contribution in [0.5, 0.6) is 0 Å². The van der Waals surface area contributed by atoms with E-state index in [0.717, 1.165) is 11.1 Å². The normalized spacial score (nSPS) is 15.3. The van der Waals surface area contributed by atoms with Gasteiger partial charge in [0, 0.05) is 36.0 Å². The largest absolute Gasteiger partial charge is 0.321 e. The van der Waals surface area contributed by atoms with E-state index < -0.39 is 23.0 Å². The van der Waals surface area contributed by atoms with Crippen molar-refractivity contribution in [3.8, 4) is 0 Å². The van der Waals surface area contributed by atoms with E-state index in [1.165, 1.54) is 29.2 Å². The number of hydrogen-bond acceptors (Lipinski definition) is 5. The van der Waals surface area contributed by atoms with Crippen molar-refractivity contribution in [1.29, 1.82) is 0 Å². The van der Waals surface area contributed by atoms with Gasteiger partial charge in [-0.3, -0.25) is 14.9 Å². The quantitative estimate of drug-likeness (QED) is 0.487. The van der Waals surface area contributed by atoms with Crippen LogP contribution in [0.1, 0.15) is 11.1 Å². The lowest BCUT2D eigenvalue weighted by Crippen LogP contribution is -2.47. The lowest BCUT2D eigenvalue weighted by Gasteiger charge is -2.21. The second kappa shape index (κ2) is 8.68. The molecule has 0 aromatic heterocycles. The fourth-order valence-corrected chi connectivity index (χ4v) is 3.40. The van der Waals surface area contributed by atoms with Crippen molar-refractivity contribution in [3.05, 3.63) is 100 Å². The van der Waals surface area contributed by atoms with Gasteiger partial charge in [0.15, 0.2) is 0 Å². The number of carbonyl (C=O) groups excluding carboxylic acids is 2. The van der Waals surface area contributed by atoms with Gasteiger partial charge in [0.05, 0.1) is 16.3 Å². The number of carbonyl (C=O) groups is 2. The number of hydrogen-bond donors (Lipinski definition) is 2. The number of nitro benzene ring substituents is 1. The van der Waals surface area contributed by atoms with E-state index in [1.807, 2.05) is 54.6 Å². The molecular weight excluding hydrogens is 410 g/mol. The highest BCUT2D eigenvalue weighted by Gasteiger charge is 2.30. The summed E-state index contributed by atoms with van der Waals surface area (Å²) in [6, 6.07) is 21.5. The van der Waals surface area contributed by atoms with Crippen LogP contribution in [0.3, 0.4) is 0 Å². The second-order valence-corrected chi connectivity index (χ2v) is 7.06. The molecule has 0 saturated heterocycles. The number of benzene rings is 3. The number of likely N-dealkylation sites (N-methyl/N-ethyl adjacent to an activating group) is 1. The number of non-ortho nitro benzene ring substituents is 1. The highest BCUT2D eigenvalue weighted by Crippen LogP contribution is 2.27. The topological polar surface area (TPSA) is 117 Å². The summed E-state index contributed by atoms with van der Waals surface area (Å²) in [5, 5.41) is 16.0. The summed E-state index contributed by atoms with van der Waals surface area (Å²) in [5.74, 6) is -0.401. The highest BCUT2D eigenvalue weighted by atomic mass is 16.6. The molecule has 0 saturated carbocycles. The average Bonchev–Trinajstić information content (AvgIpc) is 2.91. The first-order chi connectivity index (χ1) is 15.4. The Morgan fingerprint density at radius 2 is 1.66 bits per heavy atom. The maximum Gasteiger partial charge on any atom is 0.321 e. The molecule has 3 aromatic carbocycles. The molecule has 3 amide bonds. The molecule has 9 heteroatoms. The number of benzodiazepines with no additional fused rings is 1. The summed E-state index contributed by atoms with van der Waals surface area (Å²) in [6.45, 7) is 0. The first kappa shape index (κ1) is 20.7. The van der Waals surface area contributed by atoms with Gasteiger partial charge < -0.3 is 15.5 Å². The number of rotatable bonds is 4. The molecule has 160 valence electrons. The van der Waals surface area contributed by atoms with Gasteiger partial charge in [-0.2, -0.15) is 0 Å². The van der Waals surface area contributed by atoms with Crippen molar-refractivity contribution in [2.45, 2.75) is 6.17 Å². The molecule has 1 aliphatic heterocycles. The highest BCUT2D eigenvalue weighted by molar-refractivity contribution is 6.20. The van der Waals surface area contributed by atoms with E-state index in [4.69, 9.17) is 0 Å². The SMILES string of the molecule is CN1C(=O)[C@@H](NC(=O)Nc2ccc([N+](=O)[O-])cc2)N=C(c2ccccc2)c2ccccc21. The molecule has 1 heterocycles. The van der Waals surface area contributed by atoms with Gasteiger partial charge in [-0.05, 0) is 18.2 Å². The van der Waals surface area contributed by atoms with E-state index in [0.29, 0.717) is 17.1 Å². The van der Waals surface area contributed by atoms with Crippen LogP contribution in [0.15, 0.2) is 83.9 Å². The van der Waals surface area contributed by atoms with Gasteiger partial charge in [-0.25, -0.2) is 9.79 Å². The number of nitro groups is 1. The third-order valence-electron chi connectivity index (χ3n) is 4.99. The zero-order valence-corrected chi connectivity index (χ0v) is 17.1. The molecule has 3 aromatic rings. The minimum absolute atomic E-state index is 0.0913. The van der Waals surface area contributed by atoms with Gasteiger partial charge in [0.25, 0.3) is 11.6 Å². The second-order valence-electron chi connectivity index (χ2n) is 7.06. The van der Waals surface area contributed by atoms with Gasteiger partial charge in [-0.15, -0.1) is 0 Å². The first-order valence-corrected chi connectivity index (χ1v) is 9.76. The Balaban J connectivity index is 1.63. The van der Waals surface area contributed by atoms with Gasteiger partial charge in [-0.1, -0.05) is 48.5 Å². The zero-order valence-electron chi connectivity index (χ0n) is 17.1. The van der Waals surface area contributed by atoms with Crippen LogP contribution in [0, 0.1) is 10.1 Å². The lowest BCUT2D eigenvalue weighted by molar-refractivity contribution is -0.384. The Morgan fingerprint density at radius 3 is 2.34 bits per heavy atom. The predicted octanol–water partition coefficient (Wildman–Crippen LogP) is 3.56. The summed E-state index contributed by atoms with van der Waals surface area (Å²) in [6.07, 6.45) is -1.17. The van der Waals surface area contributed by atoms with Crippen LogP contribution >= 0.6 is 0 Å². The molecule has 0 bridgehead atoms. The maximum atomic E-state index is 13.1. The Labute approximate surface area is 183 Å². The van der Waals surface area contributed by atoms with E-state index in [2.05, 4.69) is 15.6 Å². The van der Waals surface area contributed by atoms with Crippen molar-refractivity contribution in [1.82, 2.24) is 5.32 Å². The Bertz CT molecular complexity index is 1210. The third kappa shape index (κ3) is 4.17. The van der Waals surface area contributed by atoms with Gasteiger partial charge >= 0.3 is 6.03 Å². The minimum Gasteiger partial charge on any atom is -0.311 e. The lowest BCUT2D eigenvalue weighted by atomic mass is 10.0. The molecule has 0 aliphatic carbocycles. The Kier molecular flexibility index (Phi) is 5.63. The maximum absolute atomic E-state index is 13.1. The van der Waals surface area contributed by atoms with Crippen molar-refractivity contribution < 1.29 is 14.5 Å². The van der Waals surface area contributed by atoms with Crippen LogP contribution in [0.2, 0.25) is 0 Å². The van der Waals surface area contributed by atoms with Crippen molar-refractivity contribution in [2.75, 3.05) is 17.3 Å². The van der Waals surface area contributed by atoms with Crippen LogP contribution in [-0.2, 0) is 4.79 Å². The molecule has 4 rings (SSSR count). The molecule has 1 atom stereocenters. The van der Waals surface area contributed by atoms with E-state index >= 15 is 0 Å². The van der Waals surface area contributed by atoms with Crippen molar-refractivity contribution in [3.63, 3.8) is 0 Å².